The van der Waals surface area contributed by atoms with Crippen molar-refractivity contribution in [2.75, 3.05) is 0 Å². The van der Waals surface area contributed by atoms with Crippen LogP contribution in [-0.4, -0.2) is 17.5 Å². The second-order valence-electron chi connectivity index (χ2n) is 4.96. The first-order chi connectivity index (χ1) is 6.42. The summed E-state index contributed by atoms with van der Waals surface area (Å²) in [5.41, 5.74) is 0.783. The third-order valence-corrected chi connectivity index (χ3v) is 3.36. The zero-order valence-electron chi connectivity index (χ0n) is 9.33. The van der Waals surface area contributed by atoms with Crippen molar-refractivity contribution in [3.63, 3.8) is 0 Å². The Morgan fingerprint density at radius 2 is 1.71 bits per heavy atom. The molecule has 0 aromatic heterocycles. The van der Waals surface area contributed by atoms with Gasteiger partial charge in [0.1, 0.15) is 0 Å². The molecule has 0 aromatic carbocycles. The van der Waals surface area contributed by atoms with Crippen LogP contribution in [0.15, 0.2) is 23.8 Å². The van der Waals surface area contributed by atoms with Gasteiger partial charge in [-0.2, -0.15) is 0 Å². The molecule has 0 atom stereocenters. The van der Waals surface area contributed by atoms with Crippen molar-refractivity contribution in [1.29, 1.82) is 0 Å². The van der Waals surface area contributed by atoms with Crippen molar-refractivity contribution < 1.29 is 9.47 Å². The monoisotopic (exact) mass is 194 g/mol. The van der Waals surface area contributed by atoms with E-state index in [0.717, 1.165) is 6.42 Å². The summed E-state index contributed by atoms with van der Waals surface area (Å²) in [6, 6.07) is 0. The van der Waals surface area contributed by atoms with Crippen LogP contribution in [0.4, 0.5) is 0 Å². The van der Waals surface area contributed by atoms with Crippen LogP contribution < -0.4 is 0 Å². The van der Waals surface area contributed by atoms with E-state index in [1.807, 2.05) is 0 Å². The molecule has 0 aromatic rings. The average molecular weight is 194 g/mol. The first-order valence-corrected chi connectivity index (χ1v) is 5.14. The van der Waals surface area contributed by atoms with Gasteiger partial charge in [-0.05, 0) is 39.7 Å². The molecule has 2 aliphatic rings. The van der Waals surface area contributed by atoms with Crippen molar-refractivity contribution in [3.8, 4) is 0 Å². The van der Waals surface area contributed by atoms with Gasteiger partial charge in [-0.1, -0.05) is 18.2 Å². The minimum atomic E-state index is -0.221. The molecule has 78 valence electrons. The molecule has 0 unspecified atom stereocenters. The van der Waals surface area contributed by atoms with Gasteiger partial charge < -0.3 is 9.47 Å². The maximum atomic E-state index is 5.92. The molecule has 0 bridgehead atoms. The predicted octanol–water partition coefficient (Wildman–Crippen LogP) is 2.80. The van der Waals surface area contributed by atoms with Gasteiger partial charge in [-0.15, -0.1) is 0 Å². The van der Waals surface area contributed by atoms with E-state index in [2.05, 4.69) is 45.9 Å². The predicted molar refractivity (Wildman–Crippen MR) is 56.0 cm³/mol. The Hall–Kier alpha value is -0.600. The summed E-state index contributed by atoms with van der Waals surface area (Å²) in [5.74, 6) is 0. The van der Waals surface area contributed by atoms with E-state index in [9.17, 15) is 0 Å². The van der Waals surface area contributed by atoms with Crippen molar-refractivity contribution in [2.45, 2.75) is 51.6 Å². The van der Waals surface area contributed by atoms with Crippen LogP contribution in [0.1, 0.15) is 34.1 Å². The molecule has 0 N–H and O–H groups in total. The lowest BCUT2D eigenvalue weighted by atomic mass is 9.90. The molecule has 2 heteroatoms. The first kappa shape index (κ1) is 9.94. The fourth-order valence-electron chi connectivity index (χ4n) is 1.63. The summed E-state index contributed by atoms with van der Waals surface area (Å²) in [6.07, 6.45) is 7.06. The molecule has 0 radical (unpaired) electrons. The number of hydrogen-bond acceptors (Lipinski definition) is 2. The molecule has 1 aliphatic carbocycles. The summed E-state index contributed by atoms with van der Waals surface area (Å²) >= 11 is 0. The van der Waals surface area contributed by atoms with E-state index in [4.69, 9.17) is 9.47 Å². The minimum absolute atomic E-state index is 0.157. The summed E-state index contributed by atoms with van der Waals surface area (Å²) < 4.78 is 11.8. The fourth-order valence-corrected chi connectivity index (χ4v) is 1.63. The SMILES string of the molecule is CC1(C)OC(C2=CC=CC2)OC1(C)C. The van der Waals surface area contributed by atoms with Crippen LogP contribution in [0.5, 0.6) is 0 Å². The third kappa shape index (κ3) is 1.43. The summed E-state index contributed by atoms with van der Waals surface area (Å²) in [7, 11) is 0. The Kier molecular flexibility index (Phi) is 2.09. The van der Waals surface area contributed by atoms with Gasteiger partial charge in [0.15, 0.2) is 6.29 Å². The number of rotatable bonds is 1. The molecular weight excluding hydrogens is 176 g/mol. The van der Waals surface area contributed by atoms with E-state index in [0.29, 0.717) is 0 Å². The molecule has 0 spiro atoms. The van der Waals surface area contributed by atoms with Gasteiger partial charge in [0.25, 0.3) is 0 Å². The van der Waals surface area contributed by atoms with Crippen molar-refractivity contribution in [2.24, 2.45) is 0 Å². The Balaban J connectivity index is 2.14. The second-order valence-corrected chi connectivity index (χ2v) is 4.96. The summed E-state index contributed by atoms with van der Waals surface area (Å²) in [4.78, 5) is 0. The van der Waals surface area contributed by atoms with Gasteiger partial charge in [-0.3, -0.25) is 0 Å². The molecule has 2 rings (SSSR count). The lowest BCUT2D eigenvalue weighted by Gasteiger charge is -2.30. The topological polar surface area (TPSA) is 18.5 Å². The molecule has 0 amide bonds. The Morgan fingerprint density at radius 1 is 1.14 bits per heavy atom. The second kappa shape index (κ2) is 2.94. The van der Waals surface area contributed by atoms with E-state index >= 15 is 0 Å². The van der Waals surface area contributed by atoms with Gasteiger partial charge in [0, 0.05) is 0 Å². The normalized spacial score (nSPS) is 29.6. The van der Waals surface area contributed by atoms with E-state index in [1.54, 1.807) is 0 Å². The van der Waals surface area contributed by atoms with Crippen molar-refractivity contribution in [3.05, 3.63) is 23.8 Å². The average Bonchev–Trinajstić information content (AvgIpc) is 2.58. The molecule has 1 heterocycles. The molecule has 14 heavy (non-hydrogen) atoms. The lowest BCUT2D eigenvalue weighted by molar-refractivity contribution is -0.0596. The number of hydrogen-bond donors (Lipinski definition) is 0. The van der Waals surface area contributed by atoms with Gasteiger partial charge in [0.05, 0.1) is 11.2 Å². The molecular formula is C12H18O2. The molecule has 1 saturated heterocycles. The standard InChI is InChI=1S/C12H18O2/c1-11(2)12(3,4)14-10(13-11)9-7-5-6-8-9/h5-7,10H,8H2,1-4H3. The number of allylic oxidation sites excluding steroid dienone is 3. The Bertz CT molecular complexity index is 281. The van der Waals surface area contributed by atoms with Gasteiger partial charge in [-0.25, -0.2) is 0 Å². The first-order valence-electron chi connectivity index (χ1n) is 5.14. The lowest BCUT2D eigenvalue weighted by Crippen LogP contribution is -2.41. The fraction of sp³-hybridized carbons (Fsp3) is 0.667. The molecule has 2 nitrogen and oxygen atoms in total. The van der Waals surface area contributed by atoms with E-state index in [-0.39, 0.29) is 17.5 Å². The largest absolute Gasteiger partial charge is 0.340 e. The Morgan fingerprint density at radius 3 is 2.14 bits per heavy atom. The quantitative estimate of drug-likeness (QED) is 0.639. The minimum Gasteiger partial charge on any atom is -0.340 e. The molecule has 1 fully saturated rings. The highest BCUT2D eigenvalue weighted by molar-refractivity contribution is 5.26. The zero-order chi connectivity index (χ0) is 10.4. The van der Waals surface area contributed by atoms with Crippen LogP contribution in [0.25, 0.3) is 0 Å². The van der Waals surface area contributed by atoms with Crippen LogP contribution >= 0.6 is 0 Å². The zero-order valence-corrected chi connectivity index (χ0v) is 9.33. The van der Waals surface area contributed by atoms with Crippen LogP contribution in [0.2, 0.25) is 0 Å². The number of ether oxygens (including phenoxy) is 2. The van der Waals surface area contributed by atoms with E-state index < -0.39 is 0 Å². The maximum absolute atomic E-state index is 5.92. The van der Waals surface area contributed by atoms with Crippen LogP contribution in [0.3, 0.4) is 0 Å². The molecule has 1 aliphatic heterocycles. The van der Waals surface area contributed by atoms with Crippen molar-refractivity contribution >= 4 is 0 Å². The smallest absolute Gasteiger partial charge is 0.181 e. The molecule has 0 saturated carbocycles. The highest BCUT2D eigenvalue weighted by Crippen LogP contribution is 2.41. The highest BCUT2D eigenvalue weighted by atomic mass is 16.7. The summed E-state index contributed by atoms with van der Waals surface area (Å²) in [6.45, 7) is 8.32. The third-order valence-electron chi connectivity index (χ3n) is 3.36. The van der Waals surface area contributed by atoms with Gasteiger partial charge >= 0.3 is 0 Å². The van der Waals surface area contributed by atoms with Crippen LogP contribution in [-0.2, 0) is 9.47 Å². The van der Waals surface area contributed by atoms with Crippen LogP contribution in [0, 0.1) is 0 Å². The Labute approximate surface area is 85.6 Å². The van der Waals surface area contributed by atoms with Crippen molar-refractivity contribution in [1.82, 2.24) is 0 Å². The van der Waals surface area contributed by atoms with E-state index in [1.165, 1.54) is 5.57 Å². The summed E-state index contributed by atoms with van der Waals surface area (Å²) in [5, 5.41) is 0. The van der Waals surface area contributed by atoms with Gasteiger partial charge in [0.2, 0.25) is 0 Å². The highest BCUT2D eigenvalue weighted by Gasteiger charge is 2.49. The maximum Gasteiger partial charge on any atom is 0.181 e.